The number of nitrogens with zero attached hydrogens (tertiary/aromatic N) is 1. The van der Waals surface area contributed by atoms with Gasteiger partial charge in [0.1, 0.15) is 5.75 Å². The smallest absolute Gasteiger partial charge is 0.251 e. The fourth-order valence-electron chi connectivity index (χ4n) is 3.22. The molecule has 0 radical (unpaired) electrons. The Balaban J connectivity index is 1.69. The summed E-state index contributed by atoms with van der Waals surface area (Å²) < 4.78 is 16.0. The van der Waals surface area contributed by atoms with Crippen molar-refractivity contribution in [1.82, 2.24) is 5.32 Å². The molecule has 7 nitrogen and oxygen atoms in total. The van der Waals surface area contributed by atoms with E-state index in [1.54, 1.807) is 62.6 Å². The first-order valence-electron chi connectivity index (χ1n) is 9.05. The second-order valence-electron chi connectivity index (χ2n) is 6.40. The number of anilines is 1. The highest BCUT2D eigenvalue weighted by molar-refractivity contribution is 5.97. The van der Waals surface area contributed by atoms with Crippen molar-refractivity contribution in [3.8, 4) is 17.2 Å². The molecule has 1 saturated heterocycles. The minimum absolute atomic E-state index is 0.123. The number of carbonyl (C=O) groups excluding carboxylic acids is 2. The zero-order valence-electron chi connectivity index (χ0n) is 16.3. The monoisotopic (exact) mass is 384 g/mol. The second-order valence-corrected chi connectivity index (χ2v) is 6.40. The van der Waals surface area contributed by atoms with Crippen molar-refractivity contribution in [2.24, 2.45) is 0 Å². The molecule has 2 aromatic rings. The van der Waals surface area contributed by atoms with E-state index >= 15 is 0 Å². The molecular weight excluding hydrogens is 360 g/mol. The normalized spacial score (nSPS) is 13.4. The van der Waals surface area contributed by atoms with Crippen LogP contribution in [-0.4, -0.2) is 39.7 Å². The van der Waals surface area contributed by atoms with Crippen molar-refractivity contribution in [3.05, 3.63) is 47.5 Å². The van der Waals surface area contributed by atoms with Crippen LogP contribution in [0.2, 0.25) is 0 Å². The standard InChI is InChI=1S/C21H24N2O5/c1-26-17-12-19(28-3)18(27-2)11-15(17)13-22-21(25)14-6-8-16(9-7-14)23-10-4-5-20(23)24/h6-9,11-12H,4-5,10,13H2,1-3H3,(H,22,25). The quantitative estimate of drug-likeness (QED) is 0.794. The van der Waals surface area contributed by atoms with E-state index in [0.29, 0.717) is 29.2 Å². The summed E-state index contributed by atoms with van der Waals surface area (Å²) in [6.45, 7) is 0.998. The van der Waals surface area contributed by atoms with Crippen molar-refractivity contribution < 1.29 is 23.8 Å². The summed E-state index contributed by atoms with van der Waals surface area (Å²) >= 11 is 0. The predicted molar refractivity (Wildman–Crippen MR) is 105 cm³/mol. The molecule has 0 spiro atoms. The maximum absolute atomic E-state index is 12.5. The fourth-order valence-corrected chi connectivity index (χ4v) is 3.22. The van der Waals surface area contributed by atoms with E-state index in [9.17, 15) is 9.59 Å². The van der Waals surface area contributed by atoms with Gasteiger partial charge in [0.2, 0.25) is 5.91 Å². The molecule has 1 N–H and O–H groups in total. The van der Waals surface area contributed by atoms with Crippen LogP contribution in [-0.2, 0) is 11.3 Å². The lowest BCUT2D eigenvalue weighted by Crippen LogP contribution is -2.25. The predicted octanol–water partition coefficient (Wildman–Crippen LogP) is 2.77. The first-order chi connectivity index (χ1) is 13.6. The summed E-state index contributed by atoms with van der Waals surface area (Å²) in [6, 6.07) is 10.6. The molecule has 0 atom stereocenters. The fraction of sp³-hybridized carbons (Fsp3) is 0.333. The van der Waals surface area contributed by atoms with Gasteiger partial charge in [0.25, 0.3) is 5.91 Å². The maximum Gasteiger partial charge on any atom is 0.251 e. The van der Waals surface area contributed by atoms with E-state index < -0.39 is 0 Å². The molecule has 7 heteroatoms. The van der Waals surface area contributed by atoms with Crippen LogP contribution in [0, 0.1) is 0 Å². The molecule has 0 unspecified atom stereocenters. The topological polar surface area (TPSA) is 77.1 Å². The molecule has 3 rings (SSSR count). The third-order valence-corrected chi connectivity index (χ3v) is 4.74. The zero-order valence-corrected chi connectivity index (χ0v) is 16.3. The molecule has 28 heavy (non-hydrogen) atoms. The Kier molecular flexibility index (Phi) is 6.03. The number of rotatable bonds is 7. The van der Waals surface area contributed by atoms with Gasteiger partial charge in [-0.1, -0.05) is 0 Å². The molecule has 148 valence electrons. The van der Waals surface area contributed by atoms with Gasteiger partial charge < -0.3 is 24.4 Å². The average Bonchev–Trinajstić information content (AvgIpc) is 3.17. The molecule has 2 amide bonds. The summed E-state index contributed by atoms with van der Waals surface area (Å²) in [5.74, 6) is 1.63. The Morgan fingerprint density at radius 3 is 2.21 bits per heavy atom. The molecule has 0 aliphatic carbocycles. The van der Waals surface area contributed by atoms with Crippen LogP contribution in [0.1, 0.15) is 28.8 Å². The minimum atomic E-state index is -0.212. The van der Waals surface area contributed by atoms with Crippen molar-refractivity contribution >= 4 is 17.5 Å². The van der Waals surface area contributed by atoms with Crippen LogP contribution >= 0.6 is 0 Å². The van der Waals surface area contributed by atoms with Gasteiger partial charge in [-0.3, -0.25) is 9.59 Å². The molecule has 1 heterocycles. The van der Waals surface area contributed by atoms with Gasteiger partial charge in [-0.15, -0.1) is 0 Å². The highest BCUT2D eigenvalue weighted by Gasteiger charge is 2.21. The first kappa shape index (κ1) is 19.5. The Morgan fingerprint density at radius 1 is 1.00 bits per heavy atom. The van der Waals surface area contributed by atoms with E-state index in [1.807, 2.05) is 0 Å². The summed E-state index contributed by atoms with van der Waals surface area (Å²) in [5, 5.41) is 2.88. The summed E-state index contributed by atoms with van der Waals surface area (Å²) in [4.78, 5) is 26.1. The van der Waals surface area contributed by atoms with Gasteiger partial charge in [0, 0.05) is 42.4 Å². The number of benzene rings is 2. The number of hydrogen-bond donors (Lipinski definition) is 1. The summed E-state index contributed by atoms with van der Waals surface area (Å²) in [7, 11) is 4.67. The molecular formula is C21H24N2O5. The van der Waals surface area contributed by atoms with Crippen LogP contribution < -0.4 is 24.4 Å². The lowest BCUT2D eigenvalue weighted by atomic mass is 10.1. The molecule has 0 bridgehead atoms. The number of amides is 2. The third kappa shape index (κ3) is 4.03. The number of methoxy groups -OCH3 is 3. The molecule has 0 aromatic heterocycles. The van der Waals surface area contributed by atoms with E-state index in [4.69, 9.17) is 14.2 Å². The van der Waals surface area contributed by atoms with Crippen LogP contribution in [0.15, 0.2) is 36.4 Å². The number of ether oxygens (including phenoxy) is 3. The van der Waals surface area contributed by atoms with E-state index in [1.165, 1.54) is 0 Å². The Labute approximate surface area is 164 Å². The molecule has 0 saturated carbocycles. The molecule has 2 aromatic carbocycles. The van der Waals surface area contributed by atoms with Crippen LogP contribution in [0.25, 0.3) is 0 Å². The highest BCUT2D eigenvalue weighted by atomic mass is 16.5. The van der Waals surface area contributed by atoms with Gasteiger partial charge in [-0.05, 0) is 36.8 Å². The lowest BCUT2D eigenvalue weighted by molar-refractivity contribution is -0.117. The Hall–Kier alpha value is -3.22. The SMILES string of the molecule is COc1cc(OC)c(OC)cc1CNC(=O)c1ccc(N2CCCC2=O)cc1. The summed E-state index contributed by atoms with van der Waals surface area (Å²) in [5.41, 5.74) is 2.11. The minimum Gasteiger partial charge on any atom is -0.496 e. The second kappa shape index (κ2) is 8.65. The largest absolute Gasteiger partial charge is 0.496 e. The van der Waals surface area contributed by atoms with Gasteiger partial charge in [-0.25, -0.2) is 0 Å². The highest BCUT2D eigenvalue weighted by Crippen LogP contribution is 2.34. The Morgan fingerprint density at radius 2 is 1.64 bits per heavy atom. The maximum atomic E-state index is 12.5. The van der Waals surface area contributed by atoms with Gasteiger partial charge >= 0.3 is 0 Å². The molecule has 1 aliphatic rings. The van der Waals surface area contributed by atoms with Crippen molar-refractivity contribution in [3.63, 3.8) is 0 Å². The third-order valence-electron chi connectivity index (χ3n) is 4.74. The van der Waals surface area contributed by atoms with Gasteiger partial charge in [0.05, 0.1) is 21.3 Å². The van der Waals surface area contributed by atoms with E-state index in [2.05, 4.69) is 5.32 Å². The lowest BCUT2D eigenvalue weighted by Gasteiger charge is -2.16. The number of carbonyl (C=O) groups is 2. The van der Waals surface area contributed by atoms with E-state index in [0.717, 1.165) is 24.2 Å². The summed E-state index contributed by atoms with van der Waals surface area (Å²) in [6.07, 6.45) is 1.45. The number of nitrogens with one attached hydrogen (secondary N) is 1. The van der Waals surface area contributed by atoms with Gasteiger partial charge in [-0.2, -0.15) is 0 Å². The molecule has 1 fully saturated rings. The number of hydrogen-bond acceptors (Lipinski definition) is 5. The average molecular weight is 384 g/mol. The van der Waals surface area contributed by atoms with Crippen LogP contribution in [0.4, 0.5) is 5.69 Å². The van der Waals surface area contributed by atoms with Gasteiger partial charge in [0.15, 0.2) is 11.5 Å². The van der Waals surface area contributed by atoms with E-state index in [-0.39, 0.29) is 18.4 Å². The van der Waals surface area contributed by atoms with Crippen molar-refractivity contribution in [2.75, 3.05) is 32.8 Å². The zero-order chi connectivity index (χ0) is 20.1. The van der Waals surface area contributed by atoms with Crippen LogP contribution in [0.3, 0.4) is 0 Å². The Bertz CT molecular complexity index is 864. The first-order valence-corrected chi connectivity index (χ1v) is 9.05. The van der Waals surface area contributed by atoms with Crippen molar-refractivity contribution in [1.29, 1.82) is 0 Å². The van der Waals surface area contributed by atoms with Crippen LogP contribution in [0.5, 0.6) is 17.2 Å². The molecule has 1 aliphatic heterocycles. The van der Waals surface area contributed by atoms with Crippen molar-refractivity contribution in [2.45, 2.75) is 19.4 Å².